The van der Waals surface area contributed by atoms with Gasteiger partial charge < -0.3 is 9.73 Å². The topological polar surface area (TPSA) is 25.2 Å². The summed E-state index contributed by atoms with van der Waals surface area (Å²) in [6, 6.07) is 8.84. The minimum atomic E-state index is 0.201. The molecule has 0 aliphatic carbocycles. The van der Waals surface area contributed by atoms with Crippen LogP contribution in [0.15, 0.2) is 34.9 Å². The standard InChI is InChI=1S/C15H19NO/c1-10-5-6-11(2)14(7-10)15(16-4)13-8-12(3)17-9-13/h5-9,15-16H,1-4H3. The lowest BCUT2D eigenvalue weighted by atomic mass is 9.95. The molecule has 0 saturated heterocycles. The van der Waals surface area contributed by atoms with Crippen LogP contribution in [0, 0.1) is 20.8 Å². The van der Waals surface area contributed by atoms with Crippen molar-refractivity contribution in [2.24, 2.45) is 0 Å². The first-order valence-electron chi connectivity index (χ1n) is 5.91. The van der Waals surface area contributed by atoms with Crippen molar-refractivity contribution in [3.05, 3.63) is 58.5 Å². The molecule has 0 radical (unpaired) electrons. The van der Waals surface area contributed by atoms with Gasteiger partial charge in [0.25, 0.3) is 0 Å². The Morgan fingerprint density at radius 3 is 2.47 bits per heavy atom. The quantitative estimate of drug-likeness (QED) is 0.871. The summed E-state index contributed by atoms with van der Waals surface area (Å²) in [6.07, 6.45) is 1.83. The second-order valence-electron chi connectivity index (χ2n) is 4.57. The Bertz CT molecular complexity index is 513. The number of benzene rings is 1. The third-order valence-electron chi connectivity index (χ3n) is 3.12. The summed E-state index contributed by atoms with van der Waals surface area (Å²) >= 11 is 0. The SMILES string of the molecule is CNC(c1coc(C)c1)c1cc(C)ccc1C. The summed E-state index contributed by atoms with van der Waals surface area (Å²) in [4.78, 5) is 0. The number of hydrogen-bond acceptors (Lipinski definition) is 2. The fraction of sp³-hybridized carbons (Fsp3) is 0.333. The minimum absolute atomic E-state index is 0.201. The van der Waals surface area contributed by atoms with Crippen molar-refractivity contribution in [3.63, 3.8) is 0 Å². The molecular weight excluding hydrogens is 210 g/mol. The molecule has 0 spiro atoms. The highest BCUT2D eigenvalue weighted by atomic mass is 16.3. The fourth-order valence-electron chi connectivity index (χ4n) is 2.19. The predicted molar refractivity (Wildman–Crippen MR) is 70.3 cm³/mol. The molecule has 1 atom stereocenters. The van der Waals surface area contributed by atoms with E-state index in [2.05, 4.69) is 43.4 Å². The Morgan fingerprint density at radius 1 is 1.12 bits per heavy atom. The number of nitrogens with one attached hydrogen (secondary N) is 1. The Balaban J connectivity index is 2.45. The molecule has 1 aromatic carbocycles. The van der Waals surface area contributed by atoms with Crippen molar-refractivity contribution in [3.8, 4) is 0 Å². The molecule has 0 aliphatic rings. The molecule has 1 heterocycles. The summed E-state index contributed by atoms with van der Waals surface area (Å²) in [6.45, 7) is 6.24. The van der Waals surface area contributed by atoms with Crippen LogP contribution >= 0.6 is 0 Å². The van der Waals surface area contributed by atoms with Gasteiger partial charge >= 0.3 is 0 Å². The Hall–Kier alpha value is -1.54. The molecular formula is C15H19NO. The average molecular weight is 229 g/mol. The van der Waals surface area contributed by atoms with Gasteiger partial charge in [-0.05, 0) is 45.0 Å². The highest BCUT2D eigenvalue weighted by molar-refractivity contribution is 5.38. The molecule has 90 valence electrons. The van der Waals surface area contributed by atoms with E-state index in [4.69, 9.17) is 4.42 Å². The van der Waals surface area contributed by atoms with Crippen LogP contribution in [0.2, 0.25) is 0 Å². The molecule has 2 rings (SSSR count). The Morgan fingerprint density at radius 2 is 1.88 bits per heavy atom. The van der Waals surface area contributed by atoms with Crippen LogP contribution in [0.25, 0.3) is 0 Å². The lowest BCUT2D eigenvalue weighted by molar-refractivity contribution is 0.527. The van der Waals surface area contributed by atoms with Crippen molar-refractivity contribution in [1.29, 1.82) is 0 Å². The summed E-state index contributed by atoms with van der Waals surface area (Å²) in [7, 11) is 1.98. The molecule has 0 bridgehead atoms. The smallest absolute Gasteiger partial charge is 0.101 e. The van der Waals surface area contributed by atoms with E-state index >= 15 is 0 Å². The summed E-state index contributed by atoms with van der Waals surface area (Å²) < 4.78 is 5.40. The van der Waals surface area contributed by atoms with Crippen LogP contribution in [0.5, 0.6) is 0 Å². The normalized spacial score (nSPS) is 12.7. The molecule has 0 aliphatic heterocycles. The maximum Gasteiger partial charge on any atom is 0.101 e. The van der Waals surface area contributed by atoms with Crippen molar-refractivity contribution < 1.29 is 4.42 Å². The molecule has 2 aromatic rings. The Labute approximate surface area is 103 Å². The fourth-order valence-corrected chi connectivity index (χ4v) is 2.19. The van der Waals surface area contributed by atoms with Gasteiger partial charge in [-0.2, -0.15) is 0 Å². The van der Waals surface area contributed by atoms with Crippen molar-refractivity contribution in [1.82, 2.24) is 5.32 Å². The van der Waals surface area contributed by atoms with Gasteiger partial charge in [0.15, 0.2) is 0 Å². The first-order valence-corrected chi connectivity index (χ1v) is 5.91. The second kappa shape index (κ2) is 4.76. The molecule has 2 nitrogen and oxygen atoms in total. The molecule has 0 amide bonds. The maximum atomic E-state index is 5.40. The van der Waals surface area contributed by atoms with Crippen molar-refractivity contribution >= 4 is 0 Å². The molecule has 1 N–H and O–H groups in total. The lowest BCUT2D eigenvalue weighted by Gasteiger charge is -2.18. The first-order chi connectivity index (χ1) is 8.11. The van der Waals surface area contributed by atoms with E-state index in [0.717, 1.165) is 5.76 Å². The zero-order chi connectivity index (χ0) is 12.4. The van der Waals surface area contributed by atoms with Gasteiger partial charge in [-0.1, -0.05) is 23.8 Å². The molecule has 0 saturated carbocycles. The number of rotatable bonds is 3. The first kappa shape index (κ1) is 11.9. The van der Waals surface area contributed by atoms with Crippen LogP contribution < -0.4 is 5.32 Å². The van der Waals surface area contributed by atoms with Crippen molar-refractivity contribution in [2.75, 3.05) is 7.05 Å². The highest BCUT2D eigenvalue weighted by Gasteiger charge is 2.16. The van der Waals surface area contributed by atoms with E-state index < -0.39 is 0 Å². The number of furan rings is 1. The summed E-state index contributed by atoms with van der Waals surface area (Å²) in [5.41, 5.74) is 5.08. The molecule has 1 aromatic heterocycles. The van der Waals surface area contributed by atoms with Gasteiger partial charge in [0.1, 0.15) is 5.76 Å². The maximum absolute atomic E-state index is 5.40. The van der Waals surface area contributed by atoms with Gasteiger partial charge in [-0.25, -0.2) is 0 Å². The molecule has 0 fully saturated rings. The van der Waals surface area contributed by atoms with Crippen LogP contribution in [0.4, 0.5) is 0 Å². The van der Waals surface area contributed by atoms with Crippen LogP contribution in [0.3, 0.4) is 0 Å². The predicted octanol–water partition coefficient (Wildman–Crippen LogP) is 3.51. The lowest BCUT2D eigenvalue weighted by Crippen LogP contribution is -2.18. The monoisotopic (exact) mass is 229 g/mol. The van der Waals surface area contributed by atoms with Gasteiger partial charge in [0.2, 0.25) is 0 Å². The largest absolute Gasteiger partial charge is 0.469 e. The second-order valence-corrected chi connectivity index (χ2v) is 4.57. The van der Waals surface area contributed by atoms with Crippen molar-refractivity contribution in [2.45, 2.75) is 26.8 Å². The zero-order valence-electron chi connectivity index (χ0n) is 10.9. The Kier molecular flexibility index (Phi) is 3.34. The molecule has 1 unspecified atom stereocenters. The van der Waals surface area contributed by atoms with E-state index in [-0.39, 0.29) is 6.04 Å². The average Bonchev–Trinajstić information content (AvgIpc) is 2.71. The van der Waals surface area contributed by atoms with Crippen LogP contribution in [-0.4, -0.2) is 7.05 Å². The zero-order valence-corrected chi connectivity index (χ0v) is 10.9. The summed E-state index contributed by atoms with van der Waals surface area (Å²) in [5.74, 6) is 0.950. The van der Waals surface area contributed by atoms with Gasteiger partial charge in [-0.3, -0.25) is 0 Å². The highest BCUT2D eigenvalue weighted by Crippen LogP contribution is 2.26. The third-order valence-corrected chi connectivity index (χ3v) is 3.12. The molecule has 2 heteroatoms. The minimum Gasteiger partial charge on any atom is -0.469 e. The van der Waals surface area contributed by atoms with Gasteiger partial charge in [-0.15, -0.1) is 0 Å². The van der Waals surface area contributed by atoms with E-state index in [1.54, 1.807) is 0 Å². The van der Waals surface area contributed by atoms with E-state index in [9.17, 15) is 0 Å². The van der Waals surface area contributed by atoms with E-state index in [1.165, 1.54) is 22.3 Å². The number of hydrogen-bond donors (Lipinski definition) is 1. The summed E-state index contributed by atoms with van der Waals surface area (Å²) in [5, 5.41) is 3.36. The van der Waals surface area contributed by atoms with Gasteiger partial charge in [0, 0.05) is 5.56 Å². The molecule has 17 heavy (non-hydrogen) atoms. The third kappa shape index (κ3) is 2.42. The van der Waals surface area contributed by atoms with Gasteiger partial charge in [0.05, 0.1) is 12.3 Å². The van der Waals surface area contributed by atoms with E-state index in [0.29, 0.717) is 0 Å². The van der Waals surface area contributed by atoms with E-state index in [1.807, 2.05) is 20.2 Å². The number of aryl methyl sites for hydroxylation is 3. The van der Waals surface area contributed by atoms with Crippen LogP contribution in [-0.2, 0) is 0 Å². The van der Waals surface area contributed by atoms with Crippen LogP contribution in [0.1, 0.15) is 34.1 Å².